The van der Waals surface area contributed by atoms with Crippen LogP contribution in [0.5, 0.6) is 0 Å². The zero-order valence-corrected chi connectivity index (χ0v) is 13.4. The number of nitrogens with one attached hydrogen (secondary N) is 1. The number of halogens is 1. The molecular formula is C15H15IN2O2. The monoisotopic (exact) mass is 382 g/mol. The number of nitro benzene ring substituents is 1. The molecule has 1 atom stereocenters. The summed E-state index contributed by atoms with van der Waals surface area (Å²) >= 11 is 2.11. The van der Waals surface area contributed by atoms with Crippen molar-refractivity contribution in [3.63, 3.8) is 0 Å². The van der Waals surface area contributed by atoms with Crippen LogP contribution in [-0.2, 0) is 0 Å². The molecule has 0 aliphatic carbocycles. The summed E-state index contributed by atoms with van der Waals surface area (Å²) in [5, 5.41) is 14.1. The molecule has 2 rings (SSSR count). The van der Waals surface area contributed by atoms with Gasteiger partial charge in [0.25, 0.3) is 5.69 Å². The molecule has 0 fully saturated rings. The van der Waals surface area contributed by atoms with Gasteiger partial charge in [-0.25, -0.2) is 0 Å². The van der Waals surface area contributed by atoms with Crippen LogP contribution >= 0.6 is 22.6 Å². The summed E-state index contributed by atoms with van der Waals surface area (Å²) in [5.41, 5.74) is 3.43. The van der Waals surface area contributed by atoms with Gasteiger partial charge >= 0.3 is 0 Å². The molecule has 0 aliphatic heterocycles. The molecule has 0 aliphatic rings. The van der Waals surface area contributed by atoms with E-state index in [0.717, 1.165) is 9.26 Å². The summed E-state index contributed by atoms with van der Waals surface area (Å²) in [6.45, 7) is 4.13. The van der Waals surface area contributed by atoms with Crippen molar-refractivity contribution in [3.05, 3.63) is 67.3 Å². The van der Waals surface area contributed by atoms with Crippen molar-refractivity contribution in [2.75, 3.05) is 5.32 Å². The zero-order chi connectivity index (χ0) is 14.7. The van der Waals surface area contributed by atoms with Crippen molar-refractivity contribution in [1.29, 1.82) is 0 Å². The van der Waals surface area contributed by atoms with Gasteiger partial charge < -0.3 is 5.32 Å². The molecule has 4 nitrogen and oxygen atoms in total. The van der Waals surface area contributed by atoms with Gasteiger partial charge in [-0.15, -0.1) is 0 Å². The van der Waals surface area contributed by atoms with E-state index >= 15 is 0 Å². The Balaban J connectivity index is 2.17. The van der Waals surface area contributed by atoms with Gasteiger partial charge in [0.15, 0.2) is 0 Å². The second-order valence-electron chi connectivity index (χ2n) is 4.70. The molecule has 5 heteroatoms. The number of hydrogen-bond acceptors (Lipinski definition) is 3. The highest BCUT2D eigenvalue weighted by atomic mass is 127. The average Bonchev–Trinajstić information content (AvgIpc) is 2.41. The number of aryl methyl sites for hydroxylation is 1. The van der Waals surface area contributed by atoms with E-state index in [1.54, 1.807) is 12.1 Å². The first-order valence-corrected chi connectivity index (χ1v) is 7.32. The molecule has 1 N–H and O–H groups in total. The van der Waals surface area contributed by atoms with Crippen molar-refractivity contribution < 1.29 is 4.92 Å². The number of benzene rings is 2. The molecule has 0 aromatic heterocycles. The summed E-state index contributed by atoms with van der Waals surface area (Å²) in [4.78, 5) is 10.3. The summed E-state index contributed by atoms with van der Waals surface area (Å²) in [5.74, 6) is 0. The summed E-state index contributed by atoms with van der Waals surface area (Å²) in [6.07, 6.45) is 0. The Morgan fingerprint density at radius 2 is 1.85 bits per heavy atom. The lowest BCUT2D eigenvalue weighted by atomic mass is 10.1. The Kier molecular flexibility index (Phi) is 4.59. The fourth-order valence-electron chi connectivity index (χ4n) is 1.91. The van der Waals surface area contributed by atoms with Crippen LogP contribution in [0.4, 0.5) is 11.4 Å². The van der Waals surface area contributed by atoms with E-state index < -0.39 is 0 Å². The normalized spacial score (nSPS) is 11.9. The molecule has 0 bridgehead atoms. The number of nitrogens with zero attached hydrogens (tertiary/aromatic N) is 1. The van der Waals surface area contributed by atoms with Gasteiger partial charge in [0.05, 0.1) is 4.92 Å². The van der Waals surface area contributed by atoms with E-state index in [1.165, 1.54) is 17.2 Å². The molecule has 0 amide bonds. The van der Waals surface area contributed by atoms with Crippen LogP contribution in [0.2, 0.25) is 0 Å². The van der Waals surface area contributed by atoms with Gasteiger partial charge in [-0.05, 0) is 48.1 Å². The maximum absolute atomic E-state index is 10.7. The second kappa shape index (κ2) is 6.21. The molecule has 0 saturated heterocycles. The highest BCUT2D eigenvalue weighted by molar-refractivity contribution is 14.1. The number of rotatable bonds is 4. The van der Waals surface area contributed by atoms with E-state index in [2.05, 4.69) is 66.0 Å². The molecular weight excluding hydrogens is 367 g/mol. The lowest BCUT2D eigenvalue weighted by molar-refractivity contribution is -0.384. The fourth-order valence-corrected chi connectivity index (χ4v) is 2.56. The van der Waals surface area contributed by atoms with E-state index in [4.69, 9.17) is 0 Å². The largest absolute Gasteiger partial charge is 0.378 e. The lowest BCUT2D eigenvalue weighted by Gasteiger charge is -2.17. The van der Waals surface area contributed by atoms with Gasteiger partial charge in [0, 0.05) is 27.4 Å². The topological polar surface area (TPSA) is 55.2 Å². The van der Waals surface area contributed by atoms with Crippen LogP contribution in [-0.4, -0.2) is 4.92 Å². The molecule has 2 aromatic rings. The highest BCUT2D eigenvalue weighted by Crippen LogP contribution is 2.27. The van der Waals surface area contributed by atoms with E-state index in [1.807, 2.05) is 0 Å². The van der Waals surface area contributed by atoms with E-state index in [9.17, 15) is 10.1 Å². The summed E-state index contributed by atoms with van der Waals surface area (Å²) in [7, 11) is 0. The van der Waals surface area contributed by atoms with Crippen molar-refractivity contribution in [3.8, 4) is 0 Å². The maximum atomic E-state index is 10.7. The summed E-state index contributed by atoms with van der Waals surface area (Å²) < 4.78 is 0.843. The molecule has 0 radical (unpaired) electrons. The Morgan fingerprint density at radius 3 is 2.40 bits per heavy atom. The maximum Gasteiger partial charge on any atom is 0.270 e. The first-order chi connectivity index (χ1) is 9.47. The minimum atomic E-state index is -0.380. The molecule has 0 spiro atoms. The quantitative estimate of drug-likeness (QED) is 0.475. The van der Waals surface area contributed by atoms with E-state index in [0.29, 0.717) is 0 Å². The number of hydrogen-bond donors (Lipinski definition) is 1. The Morgan fingerprint density at radius 1 is 1.20 bits per heavy atom. The van der Waals surface area contributed by atoms with Crippen molar-refractivity contribution >= 4 is 34.0 Å². The number of nitro groups is 1. The van der Waals surface area contributed by atoms with Crippen LogP contribution in [0.25, 0.3) is 0 Å². The van der Waals surface area contributed by atoms with Gasteiger partial charge in [-0.1, -0.05) is 29.8 Å². The fraction of sp³-hybridized carbons (Fsp3) is 0.200. The van der Waals surface area contributed by atoms with Gasteiger partial charge in [0.1, 0.15) is 0 Å². The Labute approximate surface area is 131 Å². The van der Waals surface area contributed by atoms with Crippen molar-refractivity contribution in [1.82, 2.24) is 0 Å². The van der Waals surface area contributed by atoms with Crippen LogP contribution in [0.1, 0.15) is 24.1 Å². The lowest BCUT2D eigenvalue weighted by Crippen LogP contribution is -2.07. The minimum Gasteiger partial charge on any atom is -0.378 e. The average molecular weight is 382 g/mol. The van der Waals surface area contributed by atoms with Gasteiger partial charge in [-0.3, -0.25) is 10.1 Å². The summed E-state index contributed by atoms with van der Waals surface area (Å²) in [6, 6.07) is 13.3. The molecule has 0 heterocycles. The molecule has 1 unspecified atom stereocenters. The second-order valence-corrected chi connectivity index (χ2v) is 5.86. The van der Waals surface area contributed by atoms with Crippen LogP contribution in [0.15, 0.2) is 42.5 Å². The minimum absolute atomic E-state index is 0.114. The number of non-ortho nitro benzene ring substituents is 1. The first kappa shape index (κ1) is 14.8. The zero-order valence-electron chi connectivity index (χ0n) is 11.3. The third-order valence-corrected chi connectivity index (χ3v) is 4.01. The molecule has 0 saturated carbocycles. The molecule has 20 heavy (non-hydrogen) atoms. The van der Waals surface area contributed by atoms with Crippen molar-refractivity contribution in [2.24, 2.45) is 0 Å². The predicted molar refractivity (Wildman–Crippen MR) is 89.0 cm³/mol. The van der Waals surface area contributed by atoms with Gasteiger partial charge in [0.2, 0.25) is 0 Å². The first-order valence-electron chi connectivity index (χ1n) is 6.24. The third-order valence-electron chi connectivity index (χ3n) is 3.11. The van der Waals surface area contributed by atoms with Gasteiger partial charge in [-0.2, -0.15) is 0 Å². The smallest absolute Gasteiger partial charge is 0.270 e. The molecule has 2 aromatic carbocycles. The Bertz CT molecular complexity index is 626. The van der Waals surface area contributed by atoms with Crippen LogP contribution < -0.4 is 5.32 Å². The number of anilines is 1. The predicted octanol–water partition coefficient (Wildman–Crippen LogP) is 4.68. The highest BCUT2D eigenvalue weighted by Gasteiger charge is 2.11. The SMILES string of the molecule is Cc1ccc(C(C)Nc2ccc([N+](=O)[O-])cc2I)cc1. The van der Waals surface area contributed by atoms with Crippen molar-refractivity contribution in [2.45, 2.75) is 19.9 Å². The van der Waals surface area contributed by atoms with E-state index in [-0.39, 0.29) is 16.7 Å². The molecule has 104 valence electrons. The Hall–Kier alpha value is -1.63. The van der Waals surface area contributed by atoms with Crippen LogP contribution in [0.3, 0.4) is 0 Å². The third kappa shape index (κ3) is 3.47. The van der Waals surface area contributed by atoms with Crippen LogP contribution in [0, 0.1) is 20.6 Å². The standard InChI is InChI=1S/C15H15IN2O2/c1-10-3-5-12(6-4-10)11(2)17-15-8-7-13(18(19)20)9-14(15)16/h3-9,11,17H,1-2H3.